The Bertz CT molecular complexity index is 594. The van der Waals surface area contributed by atoms with Crippen molar-refractivity contribution in [2.24, 2.45) is 5.73 Å². The first-order valence-electron chi connectivity index (χ1n) is 6.72. The summed E-state index contributed by atoms with van der Waals surface area (Å²) < 4.78 is 17.9. The number of aryl methyl sites for hydroxylation is 1. The summed E-state index contributed by atoms with van der Waals surface area (Å²) in [6.45, 7) is 3.22. The number of hydrogen-bond acceptors (Lipinski definition) is 4. The van der Waals surface area contributed by atoms with Crippen LogP contribution in [0, 0.1) is 0 Å². The van der Waals surface area contributed by atoms with Gasteiger partial charge in [0, 0.05) is 18.2 Å². The van der Waals surface area contributed by atoms with Crippen LogP contribution in [-0.4, -0.2) is 28.1 Å². The van der Waals surface area contributed by atoms with Crippen LogP contribution in [0.15, 0.2) is 30.1 Å². The van der Waals surface area contributed by atoms with Crippen molar-refractivity contribution >= 4 is 11.0 Å². The normalized spacial score (nSPS) is 12.1. The van der Waals surface area contributed by atoms with Gasteiger partial charge >= 0.3 is 0 Å². The van der Waals surface area contributed by atoms with E-state index in [-0.39, 0.29) is 13.2 Å². The zero-order valence-electron chi connectivity index (χ0n) is 11.6. The van der Waals surface area contributed by atoms with Gasteiger partial charge < -0.3 is 10.5 Å². The number of halogens is 1. The van der Waals surface area contributed by atoms with Crippen molar-refractivity contribution in [2.75, 3.05) is 13.2 Å². The average molecular weight is 278 g/mol. The van der Waals surface area contributed by atoms with Crippen LogP contribution in [0.25, 0.3) is 11.0 Å². The maximum absolute atomic E-state index is 12.4. The lowest BCUT2D eigenvalue weighted by Gasteiger charge is -2.06. The fourth-order valence-corrected chi connectivity index (χ4v) is 1.74. The number of unbranched alkanes of at least 4 members (excludes halogenated alkanes) is 1. The lowest BCUT2D eigenvalue weighted by atomic mass is 10.3. The highest BCUT2D eigenvalue weighted by molar-refractivity contribution is 5.75. The largest absolute Gasteiger partial charge is 0.489 e. The molecule has 0 aliphatic rings. The van der Waals surface area contributed by atoms with Crippen LogP contribution >= 0.6 is 0 Å². The summed E-state index contributed by atoms with van der Waals surface area (Å²) in [4.78, 5) is 1.70. The van der Waals surface area contributed by atoms with Crippen LogP contribution in [0.1, 0.15) is 19.8 Å². The molecule has 20 heavy (non-hydrogen) atoms. The number of aromatic nitrogens is 3. The molecule has 0 fully saturated rings. The third-order valence-electron chi connectivity index (χ3n) is 2.95. The number of nitrogens with zero attached hydrogens (tertiary/aromatic N) is 3. The number of rotatable bonds is 7. The molecule has 2 rings (SSSR count). The molecule has 0 bridgehead atoms. The third kappa shape index (κ3) is 3.54. The Morgan fingerprint density at radius 1 is 1.40 bits per heavy atom. The van der Waals surface area contributed by atoms with E-state index in [0.717, 1.165) is 30.4 Å². The van der Waals surface area contributed by atoms with Crippen molar-refractivity contribution in [3.8, 4) is 5.75 Å². The first-order valence-corrected chi connectivity index (χ1v) is 6.72. The van der Waals surface area contributed by atoms with Crippen molar-refractivity contribution in [2.45, 2.75) is 26.3 Å². The van der Waals surface area contributed by atoms with Gasteiger partial charge in [-0.3, -0.25) is 0 Å². The highest BCUT2D eigenvalue weighted by Crippen LogP contribution is 2.18. The zero-order valence-corrected chi connectivity index (χ0v) is 11.6. The van der Waals surface area contributed by atoms with Gasteiger partial charge in [-0.1, -0.05) is 13.3 Å². The first-order chi connectivity index (χ1) is 9.76. The fourth-order valence-electron chi connectivity index (χ4n) is 1.74. The van der Waals surface area contributed by atoms with E-state index in [9.17, 15) is 4.39 Å². The molecule has 6 heteroatoms. The molecule has 1 heterocycles. The summed E-state index contributed by atoms with van der Waals surface area (Å²) in [5.74, 6) is 0.632. The molecule has 108 valence electrons. The Morgan fingerprint density at radius 2 is 2.20 bits per heavy atom. The van der Waals surface area contributed by atoms with E-state index >= 15 is 0 Å². The minimum Gasteiger partial charge on any atom is -0.489 e. The van der Waals surface area contributed by atoms with E-state index in [0.29, 0.717) is 17.7 Å². The van der Waals surface area contributed by atoms with Crippen LogP contribution in [0.4, 0.5) is 4.39 Å². The minimum absolute atomic E-state index is 0.141. The number of benzene rings is 1. The third-order valence-corrected chi connectivity index (χ3v) is 2.95. The lowest BCUT2D eigenvalue weighted by molar-refractivity contribution is 0.348. The van der Waals surface area contributed by atoms with Gasteiger partial charge in [0.1, 0.15) is 23.4 Å². The second-order valence-electron chi connectivity index (χ2n) is 4.56. The highest BCUT2D eigenvalue weighted by atomic mass is 19.1. The molecular formula is C14H19FN4O. The summed E-state index contributed by atoms with van der Waals surface area (Å²) in [5, 5.41) is 8.77. The smallest absolute Gasteiger partial charge is 0.122 e. The van der Waals surface area contributed by atoms with Crippen LogP contribution in [-0.2, 0) is 6.54 Å². The monoisotopic (exact) mass is 278 g/mol. The van der Waals surface area contributed by atoms with Crippen molar-refractivity contribution < 1.29 is 9.13 Å². The Hall–Kier alpha value is -1.95. The van der Waals surface area contributed by atoms with Gasteiger partial charge in [0.25, 0.3) is 0 Å². The second kappa shape index (κ2) is 7.00. The van der Waals surface area contributed by atoms with E-state index < -0.39 is 0 Å². The summed E-state index contributed by atoms with van der Waals surface area (Å²) in [7, 11) is 0. The Kier molecular flexibility index (Phi) is 5.06. The molecule has 0 atom stereocenters. The molecule has 2 aromatic rings. The number of nitrogens with two attached hydrogens (primary N) is 1. The van der Waals surface area contributed by atoms with Gasteiger partial charge in [0.15, 0.2) is 0 Å². The number of fused-ring (bicyclic) bond motifs is 1. The molecule has 0 aliphatic carbocycles. The summed E-state index contributed by atoms with van der Waals surface area (Å²) in [5.41, 5.74) is 7.39. The SMILES string of the molecule is CCCCn1nc2ccc(OC/C(=C/F)CN)cc2n1. The Balaban J connectivity index is 2.08. The Morgan fingerprint density at radius 3 is 2.90 bits per heavy atom. The van der Waals surface area contributed by atoms with Crippen molar-refractivity contribution in [3.63, 3.8) is 0 Å². The lowest BCUT2D eigenvalue weighted by Crippen LogP contribution is -2.10. The standard InChI is InChI=1S/C14H19FN4O/c1-2-3-6-19-17-13-5-4-12(7-14(13)18-19)20-10-11(8-15)9-16/h4-5,7-8H,2-3,6,9-10,16H2,1H3/b11-8+. The quantitative estimate of drug-likeness (QED) is 0.844. The van der Waals surface area contributed by atoms with Gasteiger partial charge in [-0.2, -0.15) is 15.0 Å². The van der Waals surface area contributed by atoms with Gasteiger partial charge in [-0.25, -0.2) is 4.39 Å². The second-order valence-corrected chi connectivity index (χ2v) is 4.56. The fraction of sp³-hybridized carbons (Fsp3) is 0.429. The molecule has 0 amide bonds. The van der Waals surface area contributed by atoms with Crippen LogP contribution in [0.5, 0.6) is 5.75 Å². The topological polar surface area (TPSA) is 66.0 Å². The van der Waals surface area contributed by atoms with E-state index in [1.165, 1.54) is 0 Å². The van der Waals surface area contributed by atoms with Crippen molar-refractivity contribution in [3.05, 3.63) is 30.1 Å². The number of ether oxygens (including phenoxy) is 1. The van der Waals surface area contributed by atoms with Crippen LogP contribution in [0.2, 0.25) is 0 Å². The van der Waals surface area contributed by atoms with Crippen molar-refractivity contribution in [1.29, 1.82) is 0 Å². The molecule has 2 N–H and O–H groups in total. The Labute approximate surface area is 117 Å². The summed E-state index contributed by atoms with van der Waals surface area (Å²) in [6, 6.07) is 5.45. The molecule has 1 aromatic heterocycles. The molecule has 0 aliphatic heterocycles. The predicted molar refractivity (Wildman–Crippen MR) is 76.2 cm³/mol. The molecule has 0 radical (unpaired) electrons. The number of hydrogen-bond donors (Lipinski definition) is 1. The van der Waals surface area contributed by atoms with Gasteiger partial charge in [-0.15, -0.1) is 0 Å². The van der Waals surface area contributed by atoms with Crippen LogP contribution < -0.4 is 10.5 Å². The maximum Gasteiger partial charge on any atom is 0.122 e. The molecule has 1 aromatic carbocycles. The minimum atomic E-state index is 0.141. The van der Waals surface area contributed by atoms with E-state index in [4.69, 9.17) is 10.5 Å². The zero-order chi connectivity index (χ0) is 14.4. The molecule has 0 unspecified atom stereocenters. The van der Waals surface area contributed by atoms with Gasteiger partial charge in [0.05, 0.1) is 12.9 Å². The van der Waals surface area contributed by atoms with Crippen molar-refractivity contribution in [1.82, 2.24) is 15.0 Å². The average Bonchev–Trinajstić information content (AvgIpc) is 2.88. The first kappa shape index (κ1) is 14.5. The molecule has 5 nitrogen and oxygen atoms in total. The van der Waals surface area contributed by atoms with Gasteiger partial charge in [0.2, 0.25) is 0 Å². The summed E-state index contributed by atoms with van der Waals surface area (Å²) in [6.07, 6.45) is 2.63. The molecule has 0 spiro atoms. The predicted octanol–water partition coefficient (Wildman–Crippen LogP) is 2.42. The van der Waals surface area contributed by atoms with E-state index in [1.807, 2.05) is 6.07 Å². The molecule has 0 saturated carbocycles. The highest BCUT2D eigenvalue weighted by Gasteiger charge is 2.05. The summed E-state index contributed by atoms with van der Waals surface area (Å²) >= 11 is 0. The maximum atomic E-state index is 12.4. The van der Waals surface area contributed by atoms with Gasteiger partial charge in [-0.05, 0) is 18.6 Å². The van der Waals surface area contributed by atoms with Crippen LogP contribution in [0.3, 0.4) is 0 Å². The molecule has 0 saturated heterocycles. The van der Waals surface area contributed by atoms with E-state index in [2.05, 4.69) is 17.1 Å². The van der Waals surface area contributed by atoms with E-state index in [1.54, 1.807) is 16.9 Å². The molecular weight excluding hydrogens is 259 g/mol.